The SMILES string of the molecule is C1=CC2C=Cc3c(c4c5c(ccc4n3-c3cc(C4NC(c6ccccc6)=NC(c6ccccc6)N4)cc4c3oc3c6ccccc6ccc43)CCC=C5)C2C=C1. The van der Waals surface area contributed by atoms with Crippen LogP contribution >= 0.6 is 0 Å². The second kappa shape index (κ2) is 12.4. The van der Waals surface area contributed by atoms with E-state index >= 15 is 0 Å². The molecule has 0 saturated carbocycles. The molecule has 0 amide bonds. The van der Waals surface area contributed by atoms with E-state index in [0.717, 1.165) is 68.4 Å². The van der Waals surface area contributed by atoms with E-state index < -0.39 is 0 Å². The monoisotopic (exact) mass is 722 g/mol. The van der Waals surface area contributed by atoms with Crippen LogP contribution in [-0.4, -0.2) is 10.4 Å². The Balaban J connectivity index is 1.15. The van der Waals surface area contributed by atoms with Crippen molar-refractivity contribution in [2.75, 3.05) is 0 Å². The molecular formula is C51H38N4O. The first kappa shape index (κ1) is 31.6. The van der Waals surface area contributed by atoms with Crippen molar-refractivity contribution in [3.63, 3.8) is 0 Å². The van der Waals surface area contributed by atoms with Gasteiger partial charge >= 0.3 is 0 Å². The summed E-state index contributed by atoms with van der Waals surface area (Å²) in [7, 11) is 0. The number of allylic oxidation sites excluding steroid dienone is 6. The zero-order valence-electron chi connectivity index (χ0n) is 30.7. The van der Waals surface area contributed by atoms with Crippen LogP contribution in [0.3, 0.4) is 0 Å². The van der Waals surface area contributed by atoms with E-state index in [9.17, 15) is 0 Å². The molecule has 3 heterocycles. The lowest BCUT2D eigenvalue weighted by Gasteiger charge is -2.32. The third kappa shape index (κ3) is 4.81. The average Bonchev–Trinajstić information content (AvgIpc) is 3.83. The molecule has 0 bridgehead atoms. The molecule has 0 radical (unpaired) electrons. The number of rotatable bonds is 4. The number of nitrogens with one attached hydrogen (secondary N) is 2. The minimum Gasteiger partial charge on any atom is -0.453 e. The Kier molecular flexibility index (Phi) is 7.02. The van der Waals surface area contributed by atoms with Gasteiger partial charge in [-0.1, -0.05) is 140 Å². The highest BCUT2D eigenvalue weighted by Gasteiger charge is 2.34. The van der Waals surface area contributed by atoms with Crippen LogP contribution in [0.15, 0.2) is 167 Å². The average molecular weight is 723 g/mol. The van der Waals surface area contributed by atoms with Crippen LogP contribution in [0.5, 0.6) is 0 Å². The Morgan fingerprint density at radius 3 is 2.45 bits per heavy atom. The fourth-order valence-corrected chi connectivity index (χ4v) is 9.63. The lowest BCUT2D eigenvalue weighted by molar-refractivity contribution is 0.409. The maximum atomic E-state index is 7.15. The van der Waals surface area contributed by atoms with Crippen molar-refractivity contribution in [3.05, 3.63) is 197 Å². The van der Waals surface area contributed by atoms with E-state index in [-0.39, 0.29) is 18.2 Å². The zero-order valence-corrected chi connectivity index (χ0v) is 30.7. The Morgan fingerprint density at radius 1 is 0.696 bits per heavy atom. The van der Waals surface area contributed by atoms with Gasteiger partial charge in [0.1, 0.15) is 23.8 Å². The van der Waals surface area contributed by atoms with Gasteiger partial charge in [-0.25, -0.2) is 4.99 Å². The van der Waals surface area contributed by atoms with Crippen molar-refractivity contribution in [2.45, 2.75) is 31.1 Å². The standard InChI is InChI=1S/C51H38N4O/c1-3-16-34(17-4-1)49-52-50(35-18-5-2-6-19-35)54-51(53-49)36-29-41-40-26-23-33-15-9-12-22-39(33)47(40)56-48(41)44(30-36)55-42-27-24-31-13-7-10-20-37(31)45(42)46-38-21-11-8-14-32(38)25-28-43(46)55/h1-7,9-13,15-31,37,49,51,53H,8,14H2,(H,52,54). The summed E-state index contributed by atoms with van der Waals surface area (Å²) in [5, 5.41) is 13.6. The van der Waals surface area contributed by atoms with E-state index in [1.54, 1.807) is 0 Å². The van der Waals surface area contributed by atoms with Crippen LogP contribution in [0.1, 0.15) is 63.7 Å². The van der Waals surface area contributed by atoms with Crippen LogP contribution in [0.25, 0.3) is 61.5 Å². The Morgan fingerprint density at radius 2 is 1.54 bits per heavy atom. The van der Waals surface area contributed by atoms with Crippen molar-refractivity contribution in [3.8, 4) is 5.69 Å². The first-order chi connectivity index (χ1) is 27.8. The molecule has 0 spiro atoms. The first-order valence-electron chi connectivity index (χ1n) is 19.8. The lowest BCUT2D eigenvalue weighted by atomic mass is 9.77. The molecule has 4 atom stereocenters. The van der Waals surface area contributed by atoms with Gasteiger partial charge in [0.15, 0.2) is 5.58 Å². The lowest BCUT2D eigenvalue weighted by Crippen LogP contribution is -2.45. The maximum Gasteiger partial charge on any atom is 0.159 e. The molecular weight excluding hydrogens is 685 g/mol. The van der Waals surface area contributed by atoms with Gasteiger partial charge in [0, 0.05) is 38.9 Å². The van der Waals surface area contributed by atoms with Gasteiger partial charge in [0.05, 0.1) is 16.9 Å². The van der Waals surface area contributed by atoms with E-state index in [2.05, 4.69) is 185 Å². The summed E-state index contributed by atoms with van der Waals surface area (Å²) >= 11 is 0. The van der Waals surface area contributed by atoms with Crippen molar-refractivity contribution in [1.82, 2.24) is 15.2 Å². The smallest absolute Gasteiger partial charge is 0.159 e. The Labute approximate surface area is 324 Å². The number of amidine groups is 1. The van der Waals surface area contributed by atoms with Crippen LogP contribution in [0, 0.1) is 5.92 Å². The quantitative estimate of drug-likeness (QED) is 0.190. The van der Waals surface area contributed by atoms with Gasteiger partial charge in [-0.15, -0.1) is 0 Å². The van der Waals surface area contributed by atoms with E-state index in [1.165, 1.54) is 38.7 Å². The largest absolute Gasteiger partial charge is 0.453 e. The van der Waals surface area contributed by atoms with Crippen LogP contribution in [0.4, 0.5) is 0 Å². The van der Waals surface area contributed by atoms with Crippen molar-refractivity contribution >= 4 is 61.6 Å². The van der Waals surface area contributed by atoms with E-state index in [1.807, 2.05) is 0 Å². The van der Waals surface area contributed by atoms with Gasteiger partial charge in [-0.3, -0.25) is 5.32 Å². The molecule has 1 aliphatic heterocycles. The van der Waals surface area contributed by atoms with E-state index in [0.29, 0.717) is 5.92 Å². The molecule has 56 heavy (non-hydrogen) atoms. The van der Waals surface area contributed by atoms with Gasteiger partial charge < -0.3 is 14.3 Å². The summed E-state index contributed by atoms with van der Waals surface area (Å²) in [6.07, 6.45) is 20.2. The summed E-state index contributed by atoms with van der Waals surface area (Å²) in [6.45, 7) is 0. The summed E-state index contributed by atoms with van der Waals surface area (Å²) in [5.74, 6) is 1.43. The second-order valence-corrected chi connectivity index (χ2v) is 15.4. The highest BCUT2D eigenvalue weighted by Crippen LogP contribution is 2.48. The molecule has 4 unspecified atom stereocenters. The second-order valence-electron chi connectivity index (χ2n) is 15.4. The molecule has 268 valence electrons. The summed E-state index contributed by atoms with van der Waals surface area (Å²) < 4.78 is 9.65. The van der Waals surface area contributed by atoms with Crippen molar-refractivity contribution < 1.29 is 4.42 Å². The number of benzene rings is 6. The topological polar surface area (TPSA) is 54.5 Å². The number of hydrogen-bond donors (Lipinski definition) is 2. The van der Waals surface area contributed by atoms with Gasteiger partial charge in [0.25, 0.3) is 0 Å². The molecule has 6 aromatic carbocycles. The maximum absolute atomic E-state index is 7.15. The number of aryl methyl sites for hydroxylation is 1. The Hall–Kier alpha value is -6.69. The molecule has 4 aliphatic rings. The number of fused-ring (bicyclic) bond motifs is 12. The van der Waals surface area contributed by atoms with Gasteiger partial charge in [0.2, 0.25) is 0 Å². The number of hydrogen-bond acceptors (Lipinski definition) is 4. The van der Waals surface area contributed by atoms with Crippen LogP contribution in [-0.2, 0) is 6.42 Å². The zero-order chi connectivity index (χ0) is 36.7. The molecule has 0 fully saturated rings. The normalized spacial score (nSPS) is 21.0. The molecule has 5 nitrogen and oxygen atoms in total. The fourth-order valence-electron chi connectivity index (χ4n) is 9.63. The summed E-state index contributed by atoms with van der Waals surface area (Å²) in [6, 6.07) is 43.4. The molecule has 12 rings (SSSR count). The highest BCUT2D eigenvalue weighted by atomic mass is 16.3. The predicted octanol–water partition coefficient (Wildman–Crippen LogP) is 11.8. The minimum absolute atomic E-state index is 0.244. The number of aliphatic imine (C=N–C) groups is 1. The summed E-state index contributed by atoms with van der Waals surface area (Å²) in [4.78, 5) is 5.23. The van der Waals surface area contributed by atoms with Gasteiger partial charge in [-0.05, 0) is 76.4 Å². The van der Waals surface area contributed by atoms with E-state index in [4.69, 9.17) is 9.41 Å². The highest BCUT2D eigenvalue weighted by molar-refractivity contribution is 6.17. The molecule has 3 aliphatic carbocycles. The Bertz CT molecular complexity index is 3050. The number of aromatic nitrogens is 1. The third-order valence-electron chi connectivity index (χ3n) is 12.3. The summed E-state index contributed by atoms with van der Waals surface area (Å²) in [5.41, 5.74) is 12.7. The number of furan rings is 1. The fraction of sp³-hybridized carbons (Fsp3) is 0.118. The van der Waals surface area contributed by atoms with Crippen molar-refractivity contribution in [1.29, 1.82) is 0 Å². The van der Waals surface area contributed by atoms with Gasteiger partial charge in [-0.2, -0.15) is 0 Å². The van der Waals surface area contributed by atoms with Crippen molar-refractivity contribution in [2.24, 2.45) is 10.9 Å². The molecule has 5 heteroatoms. The first-order valence-corrected chi connectivity index (χ1v) is 19.8. The molecule has 2 aromatic heterocycles. The molecule has 8 aromatic rings. The molecule has 0 saturated heterocycles. The molecule has 2 N–H and O–H groups in total. The predicted molar refractivity (Wildman–Crippen MR) is 230 cm³/mol. The number of nitrogens with zero attached hydrogens (tertiary/aromatic N) is 2. The third-order valence-corrected chi connectivity index (χ3v) is 12.3. The van der Waals surface area contributed by atoms with Crippen LogP contribution < -0.4 is 10.6 Å². The van der Waals surface area contributed by atoms with Crippen LogP contribution in [0.2, 0.25) is 0 Å². The minimum atomic E-state index is -0.249.